The van der Waals surface area contributed by atoms with Crippen LogP contribution in [0, 0.1) is 0 Å². The van der Waals surface area contributed by atoms with Gasteiger partial charge in [-0.15, -0.1) is 5.10 Å². The Labute approximate surface area is 107 Å². The van der Waals surface area contributed by atoms with Crippen molar-refractivity contribution in [3.05, 3.63) is 41.7 Å². The Morgan fingerprint density at radius 2 is 2.06 bits per heavy atom. The van der Waals surface area contributed by atoms with Gasteiger partial charge in [-0.2, -0.15) is 0 Å². The second-order valence-corrected chi connectivity index (χ2v) is 4.13. The molecule has 1 heterocycles. The minimum atomic E-state index is -0.0895. The van der Waals surface area contributed by atoms with Crippen LogP contribution < -0.4 is 10.5 Å². The molecule has 1 aromatic carbocycles. The molecule has 0 saturated heterocycles. The van der Waals surface area contributed by atoms with E-state index in [1.165, 1.54) is 5.56 Å². The first-order valence-electron chi connectivity index (χ1n) is 6.01. The fourth-order valence-electron chi connectivity index (χ4n) is 1.92. The summed E-state index contributed by atoms with van der Waals surface area (Å²) in [6.45, 7) is 2.81. The van der Waals surface area contributed by atoms with E-state index in [1.54, 1.807) is 13.3 Å². The average molecular weight is 246 g/mol. The highest BCUT2D eigenvalue weighted by atomic mass is 16.5. The largest absolute Gasteiger partial charge is 0.497 e. The molecule has 0 saturated carbocycles. The summed E-state index contributed by atoms with van der Waals surface area (Å²) in [7, 11) is 1.66. The van der Waals surface area contributed by atoms with Gasteiger partial charge in [0.1, 0.15) is 5.75 Å². The molecule has 2 aromatic rings. The number of aromatic nitrogens is 3. The Morgan fingerprint density at radius 1 is 1.33 bits per heavy atom. The molecular weight excluding hydrogens is 228 g/mol. The lowest BCUT2D eigenvalue weighted by Crippen LogP contribution is -2.18. The van der Waals surface area contributed by atoms with E-state index < -0.39 is 0 Å². The lowest BCUT2D eigenvalue weighted by Gasteiger charge is -2.12. The number of nitrogens with zero attached hydrogens (tertiary/aromatic N) is 3. The lowest BCUT2D eigenvalue weighted by atomic mass is 10.0. The quantitative estimate of drug-likeness (QED) is 0.869. The third-order valence-electron chi connectivity index (χ3n) is 2.94. The summed E-state index contributed by atoms with van der Waals surface area (Å²) in [5.41, 5.74) is 8.33. The van der Waals surface area contributed by atoms with Crippen molar-refractivity contribution in [3.63, 3.8) is 0 Å². The van der Waals surface area contributed by atoms with E-state index in [0.717, 1.165) is 24.4 Å². The van der Waals surface area contributed by atoms with E-state index in [1.807, 2.05) is 35.9 Å². The van der Waals surface area contributed by atoms with Crippen molar-refractivity contribution in [1.29, 1.82) is 0 Å². The Balaban J connectivity index is 2.08. The Hall–Kier alpha value is -1.88. The summed E-state index contributed by atoms with van der Waals surface area (Å²) >= 11 is 0. The number of benzene rings is 1. The van der Waals surface area contributed by atoms with Gasteiger partial charge in [0.05, 0.1) is 25.0 Å². The maximum Gasteiger partial charge on any atom is 0.118 e. The van der Waals surface area contributed by atoms with E-state index in [-0.39, 0.29) is 6.04 Å². The van der Waals surface area contributed by atoms with Gasteiger partial charge in [0.15, 0.2) is 0 Å². The SMILES string of the molecule is CCn1nncc1C(N)Cc1ccc(OC)cc1. The van der Waals surface area contributed by atoms with Gasteiger partial charge in [-0.3, -0.25) is 0 Å². The van der Waals surface area contributed by atoms with Gasteiger partial charge < -0.3 is 10.5 Å². The molecule has 2 rings (SSSR count). The van der Waals surface area contributed by atoms with Crippen molar-refractivity contribution >= 4 is 0 Å². The summed E-state index contributed by atoms with van der Waals surface area (Å²) in [5, 5.41) is 7.89. The van der Waals surface area contributed by atoms with Crippen LogP contribution in [-0.4, -0.2) is 22.1 Å². The lowest BCUT2D eigenvalue weighted by molar-refractivity contribution is 0.414. The smallest absolute Gasteiger partial charge is 0.118 e. The summed E-state index contributed by atoms with van der Waals surface area (Å²) in [6, 6.07) is 7.85. The van der Waals surface area contributed by atoms with E-state index in [4.69, 9.17) is 10.5 Å². The van der Waals surface area contributed by atoms with Gasteiger partial charge in [0.25, 0.3) is 0 Å². The Morgan fingerprint density at radius 3 is 2.67 bits per heavy atom. The van der Waals surface area contributed by atoms with Crippen LogP contribution in [0.15, 0.2) is 30.5 Å². The first-order chi connectivity index (χ1) is 8.74. The molecule has 0 fully saturated rings. The zero-order chi connectivity index (χ0) is 13.0. The topological polar surface area (TPSA) is 66.0 Å². The van der Waals surface area contributed by atoms with E-state index in [0.29, 0.717) is 0 Å². The molecular formula is C13H18N4O. The molecule has 0 radical (unpaired) electrons. The average Bonchev–Trinajstić information content (AvgIpc) is 2.88. The molecule has 0 aliphatic carbocycles. The summed E-state index contributed by atoms with van der Waals surface area (Å²) in [4.78, 5) is 0. The molecule has 0 aliphatic rings. The summed E-state index contributed by atoms with van der Waals surface area (Å²) in [6.07, 6.45) is 2.50. The van der Waals surface area contributed by atoms with Crippen LogP contribution in [0.3, 0.4) is 0 Å². The zero-order valence-electron chi connectivity index (χ0n) is 10.7. The maximum absolute atomic E-state index is 6.19. The molecule has 0 bridgehead atoms. The number of ether oxygens (including phenoxy) is 1. The maximum atomic E-state index is 6.19. The van der Waals surface area contributed by atoms with Crippen LogP contribution >= 0.6 is 0 Å². The van der Waals surface area contributed by atoms with E-state index in [9.17, 15) is 0 Å². The zero-order valence-corrected chi connectivity index (χ0v) is 10.7. The third-order valence-corrected chi connectivity index (χ3v) is 2.94. The van der Waals surface area contributed by atoms with Crippen LogP contribution in [0.5, 0.6) is 5.75 Å². The normalized spacial score (nSPS) is 12.4. The molecule has 0 amide bonds. The minimum absolute atomic E-state index is 0.0895. The van der Waals surface area contributed by atoms with Crippen molar-refractivity contribution < 1.29 is 4.74 Å². The van der Waals surface area contributed by atoms with Gasteiger partial charge in [-0.25, -0.2) is 4.68 Å². The highest BCUT2D eigenvalue weighted by Gasteiger charge is 2.12. The molecule has 5 nitrogen and oxygen atoms in total. The standard InChI is InChI=1S/C13H18N4O/c1-3-17-13(9-15-16-17)12(14)8-10-4-6-11(18-2)7-5-10/h4-7,9,12H,3,8,14H2,1-2H3. The number of rotatable bonds is 5. The van der Waals surface area contributed by atoms with Crippen LogP contribution in [0.1, 0.15) is 24.2 Å². The minimum Gasteiger partial charge on any atom is -0.497 e. The predicted octanol–water partition coefficient (Wildman–Crippen LogP) is 1.55. The fourth-order valence-corrected chi connectivity index (χ4v) is 1.92. The van der Waals surface area contributed by atoms with Crippen molar-refractivity contribution in [3.8, 4) is 5.75 Å². The second kappa shape index (κ2) is 5.64. The fraction of sp³-hybridized carbons (Fsp3) is 0.385. The highest BCUT2D eigenvalue weighted by Crippen LogP contribution is 2.17. The van der Waals surface area contributed by atoms with Crippen LogP contribution in [0.2, 0.25) is 0 Å². The number of methoxy groups -OCH3 is 1. The van der Waals surface area contributed by atoms with E-state index in [2.05, 4.69) is 10.3 Å². The molecule has 96 valence electrons. The first kappa shape index (κ1) is 12.6. The first-order valence-corrected chi connectivity index (χ1v) is 6.01. The Bertz CT molecular complexity index is 492. The number of hydrogen-bond acceptors (Lipinski definition) is 4. The van der Waals surface area contributed by atoms with Crippen LogP contribution in [0.25, 0.3) is 0 Å². The number of nitrogens with two attached hydrogens (primary N) is 1. The van der Waals surface area contributed by atoms with Crippen LogP contribution in [0.4, 0.5) is 0 Å². The molecule has 1 unspecified atom stereocenters. The Kier molecular flexibility index (Phi) is 3.94. The monoisotopic (exact) mass is 246 g/mol. The van der Waals surface area contributed by atoms with Crippen LogP contribution in [-0.2, 0) is 13.0 Å². The van der Waals surface area contributed by atoms with E-state index >= 15 is 0 Å². The van der Waals surface area contributed by atoms with Crippen molar-refractivity contribution in [1.82, 2.24) is 15.0 Å². The van der Waals surface area contributed by atoms with Gasteiger partial charge >= 0.3 is 0 Å². The summed E-state index contributed by atoms with van der Waals surface area (Å²) in [5.74, 6) is 0.854. The number of aryl methyl sites for hydroxylation is 1. The second-order valence-electron chi connectivity index (χ2n) is 4.13. The predicted molar refractivity (Wildman–Crippen MR) is 69.3 cm³/mol. The molecule has 2 N–H and O–H groups in total. The number of hydrogen-bond donors (Lipinski definition) is 1. The molecule has 1 atom stereocenters. The third kappa shape index (κ3) is 2.68. The van der Waals surface area contributed by atoms with Gasteiger partial charge in [-0.1, -0.05) is 17.3 Å². The van der Waals surface area contributed by atoms with Crippen molar-refractivity contribution in [2.45, 2.75) is 25.9 Å². The summed E-state index contributed by atoms with van der Waals surface area (Å²) < 4.78 is 6.96. The van der Waals surface area contributed by atoms with Crippen molar-refractivity contribution in [2.24, 2.45) is 5.73 Å². The van der Waals surface area contributed by atoms with Gasteiger partial charge in [0.2, 0.25) is 0 Å². The van der Waals surface area contributed by atoms with Gasteiger partial charge in [0, 0.05) is 6.54 Å². The highest BCUT2D eigenvalue weighted by molar-refractivity contribution is 5.28. The molecule has 0 spiro atoms. The van der Waals surface area contributed by atoms with Crippen molar-refractivity contribution in [2.75, 3.05) is 7.11 Å². The molecule has 5 heteroatoms. The molecule has 0 aliphatic heterocycles. The van der Waals surface area contributed by atoms with Gasteiger partial charge in [-0.05, 0) is 31.0 Å². The molecule has 1 aromatic heterocycles. The molecule has 18 heavy (non-hydrogen) atoms.